The van der Waals surface area contributed by atoms with E-state index >= 15 is 0 Å². The van der Waals surface area contributed by atoms with Gasteiger partial charge < -0.3 is 19.5 Å². The van der Waals surface area contributed by atoms with Crippen molar-refractivity contribution < 1.29 is 9.53 Å². The number of nitrogens with one attached hydrogen (secondary N) is 1. The van der Waals surface area contributed by atoms with Crippen molar-refractivity contribution in [3.8, 4) is 5.75 Å². The maximum atomic E-state index is 12.9. The van der Waals surface area contributed by atoms with Crippen LogP contribution in [0, 0.1) is 0 Å². The molecule has 1 aliphatic rings. The van der Waals surface area contributed by atoms with E-state index in [0.717, 1.165) is 36.5 Å². The van der Waals surface area contributed by atoms with E-state index in [4.69, 9.17) is 4.74 Å². The maximum absolute atomic E-state index is 12.9. The molecule has 2 aromatic rings. The highest BCUT2D eigenvalue weighted by Crippen LogP contribution is 2.25. The van der Waals surface area contributed by atoms with Crippen molar-refractivity contribution in [1.29, 1.82) is 0 Å². The van der Waals surface area contributed by atoms with Crippen LogP contribution in [0.1, 0.15) is 43.6 Å². The Balaban J connectivity index is 1.89. The fourth-order valence-electron chi connectivity index (χ4n) is 3.38. The molecule has 6 nitrogen and oxygen atoms in total. The first kappa shape index (κ1) is 17.3. The summed E-state index contributed by atoms with van der Waals surface area (Å²) in [4.78, 5) is 19.3. The Morgan fingerprint density at radius 1 is 1.40 bits per heavy atom. The smallest absolute Gasteiger partial charge is 0.318 e. The van der Waals surface area contributed by atoms with Gasteiger partial charge in [0.15, 0.2) is 0 Å². The molecule has 134 valence electrons. The van der Waals surface area contributed by atoms with Gasteiger partial charge in [-0.2, -0.15) is 0 Å². The average molecular weight is 342 g/mol. The second-order valence-corrected chi connectivity index (χ2v) is 6.59. The van der Waals surface area contributed by atoms with E-state index < -0.39 is 0 Å². The minimum absolute atomic E-state index is 0.0389. The van der Waals surface area contributed by atoms with Crippen LogP contribution in [0.5, 0.6) is 5.75 Å². The number of imidazole rings is 1. The molecule has 0 saturated carbocycles. The number of aromatic nitrogens is 2. The predicted molar refractivity (Wildman–Crippen MR) is 96.6 cm³/mol. The Kier molecular flexibility index (Phi) is 5.26. The van der Waals surface area contributed by atoms with Gasteiger partial charge in [-0.1, -0.05) is 12.1 Å². The van der Waals surface area contributed by atoms with Crippen LogP contribution >= 0.6 is 0 Å². The van der Waals surface area contributed by atoms with E-state index in [1.54, 1.807) is 13.3 Å². The minimum atomic E-state index is -0.322. The zero-order valence-corrected chi connectivity index (χ0v) is 15.1. The lowest BCUT2D eigenvalue weighted by Gasteiger charge is -2.34. The fourth-order valence-corrected chi connectivity index (χ4v) is 3.38. The van der Waals surface area contributed by atoms with E-state index in [-0.39, 0.29) is 18.1 Å². The number of carbonyl (C=O) groups is 1. The number of ether oxygens (including phenoxy) is 1. The van der Waals surface area contributed by atoms with E-state index in [1.807, 2.05) is 47.0 Å². The summed E-state index contributed by atoms with van der Waals surface area (Å²) in [5, 5.41) is 3.18. The third kappa shape index (κ3) is 3.78. The average Bonchev–Trinajstić information content (AvgIpc) is 3.05. The van der Waals surface area contributed by atoms with Gasteiger partial charge in [0, 0.05) is 32.0 Å². The van der Waals surface area contributed by atoms with Gasteiger partial charge in [-0.15, -0.1) is 0 Å². The van der Waals surface area contributed by atoms with Crippen LogP contribution in [0.4, 0.5) is 4.79 Å². The first-order valence-corrected chi connectivity index (χ1v) is 8.78. The number of benzene rings is 1. The Labute approximate surface area is 148 Å². The van der Waals surface area contributed by atoms with E-state index in [2.05, 4.69) is 17.2 Å². The quantitative estimate of drug-likeness (QED) is 0.929. The lowest BCUT2D eigenvalue weighted by atomic mass is 10.0. The zero-order chi connectivity index (χ0) is 17.8. The number of rotatable bonds is 4. The number of carbonyl (C=O) groups excluding carboxylic acids is 1. The molecule has 2 amide bonds. The van der Waals surface area contributed by atoms with Crippen molar-refractivity contribution in [2.45, 2.75) is 38.3 Å². The van der Waals surface area contributed by atoms with E-state index in [1.165, 1.54) is 6.42 Å². The third-order valence-corrected chi connectivity index (χ3v) is 4.88. The van der Waals surface area contributed by atoms with Crippen LogP contribution < -0.4 is 10.1 Å². The van der Waals surface area contributed by atoms with Crippen molar-refractivity contribution in [3.63, 3.8) is 0 Å². The summed E-state index contributed by atoms with van der Waals surface area (Å²) >= 11 is 0. The number of likely N-dealkylation sites (tertiary alicyclic amines) is 1. The minimum Gasteiger partial charge on any atom is -0.497 e. The summed E-state index contributed by atoms with van der Waals surface area (Å²) in [5.74, 6) is 1.56. The van der Waals surface area contributed by atoms with Gasteiger partial charge in [0.05, 0.1) is 7.11 Å². The summed E-state index contributed by atoms with van der Waals surface area (Å²) in [7, 11) is 3.58. The normalized spacial score (nSPS) is 18.7. The third-order valence-electron chi connectivity index (χ3n) is 4.88. The number of methoxy groups -OCH3 is 1. The highest BCUT2D eigenvalue weighted by Gasteiger charge is 2.27. The molecular weight excluding hydrogens is 316 g/mol. The molecule has 6 heteroatoms. The Morgan fingerprint density at radius 3 is 2.92 bits per heavy atom. The van der Waals surface area contributed by atoms with Crippen LogP contribution in [0.15, 0.2) is 36.7 Å². The summed E-state index contributed by atoms with van der Waals surface area (Å²) < 4.78 is 7.28. The Hall–Kier alpha value is -2.50. The second kappa shape index (κ2) is 7.59. The number of hydrogen-bond acceptors (Lipinski definition) is 3. The SMILES string of the molecule is COc1cccc([C@H](NC(=O)N2CCCC[C@H]2C)c2nccn2C)c1. The van der Waals surface area contributed by atoms with Crippen LogP contribution in [0.3, 0.4) is 0 Å². The molecule has 1 aromatic heterocycles. The molecule has 1 aromatic carbocycles. The molecule has 2 heterocycles. The molecule has 0 unspecified atom stereocenters. The van der Waals surface area contributed by atoms with Crippen LogP contribution in [-0.2, 0) is 7.05 Å². The molecule has 3 rings (SSSR count). The summed E-state index contributed by atoms with van der Waals surface area (Å²) in [5.41, 5.74) is 0.951. The highest BCUT2D eigenvalue weighted by molar-refractivity contribution is 5.75. The Bertz CT molecular complexity index is 728. The van der Waals surface area contributed by atoms with Crippen molar-refractivity contribution >= 4 is 6.03 Å². The lowest BCUT2D eigenvalue weighted by Crippen LogP contribution is -2.48. The molecule has 0 bridgehead atoms. The predicted octanol–water partition coefficient (Wildman–Crippen LogP) is 3.10. The maximum Gasteiger partial charge on any atom is 0.318 e. The standard InChI is InChI=1S/C19H26N4O2/c1-14-7-4-5-11-23(14)19(24)21-17(18-20-10-12-22(18)2)15-8-6-9-16(13-15)25-3/h6,8-10,12-14,17H,4-5,7,11H2,1-3H3,(H,21,24)/t14-,17+/m1/s1. The highest BCUT2D eigenvalue weighted by atomic mass is 16.5. The molecule has 1 saturated heterocycles. The van der Waals surface area contributed by atoms with Gasteiger partial charge in [-0.3, -0.25) is 0 Å². The van der Waals surface area contributed by atoms with Gasteiger partial charge in [-0.25, -0.2) is 9.78 Å². The topological polar surface area (TPSA) is 59.4 Å². The number of urea groups is 1. The van der Waals surface area contributed by atoms with Gasteiger partial charge in [0.2, 0.25) is 0 Å². The molecule has 1 N–H and O–H groups in total. The molecule has 2 atom stereocenters. The number of nitrogens with zero attached hydrogens (tertiary/aromatic N) is 3. The fraction of sp³-hybridized carbons (Fsp3) is 0.474. The summed E-state index contributed by atoms with van der Waals surface area (Å²) in [6, 6.07) is 7.66. The van der Waals surface area contributed by atoms with Gasteiger partial charge in [0.1, 0.15) is 17.6 Å². The lowest BCUT2D eigenvalue weighted by molar-refractivity contribution is 0.155. The van der Waals surface area contributed by atoms with Crippen molar-refractivity contribution in [1.82, 2.24) is 19.8 Å². The monoisotopic (exact) mass is 342 g/mol. The number of amides is 2. The summed E-state index contributed by atoms with van der Waals surface area (Å²) in [6.45, 7) is 2.92. The summed E-state index contributed by atoms with van der Waals surface area (Å²) in [6.07, 6.45) is 6.93. The van der Waals surface area contributed by atoms with E-state index in [9.17, 15) is 4.79 Å². The van der Waals surface area contributed by atoms with Crippen molar-refractivity contribution in [2.75, 3.05) is 13.7 Å². The van der Waals surface area contributed by atoms with Gasteiger partial charge in [-0.05, 0) is 43.9 Å². The number of aryl methyl sites for hydroxylation is 1. The van der Waals surface area contributed by atoms with E-state index in [0.29, 0.717) is 0 Å². The zero-order valence-electron chi connectivity index (χ0n) is 15.1. The van der Waals surface area contributed by atoms with Gasteiger partial charge in [0.25, 0.3) is 0 Å². The molecule has 0 aliphatic carbocycles. The molecule has 25 heavy (non-hydrogen) atoms. The molecule has 1 aliphatic heterocycles. The molecule has 0 radical (unpaired) electrons. The Morgan fingerprint density at radius 2 is 2.24 bits per heavy atom. The van der Waals surface area contributed by atoms with Crippen molar-refractivity contribution in [2.24, 2.45) is 7.05 Å². The molecule has 1 fully saturated rings. The molecule has 0 spiro atoms. The second-order valence-electron chi connectivity index (χ2n) is 6.59. The van der Waals surface area contributed by atoms with Crippen LogP contribution in [-0.4, -0.2) is 40.2 Å². The first-order chi connectivity index (χ1) is 12.1. The van der Waals surface area contributed by atoms with Crippen LogP contribution in [0.2, 0.25) is 0 Å². The number of piperidine rings is 1. The first-order valence-electron chi connectivity index (χ1n) is 8.78. The van der Waals surface area contributed by atoms with Crippen molar-refractivity contribution in [3.05, 3.63) is 48.0 Å². The number of hydrogen-bond donors (Lipinski definition) is 1. The largest absolute Gasteiger partial charge is 0.497 e. The van der Waals surface area contributed by atoms with Gasteiger partial charge >= 0.3 is 6.03 Å². The van der Waals surface area contributed by atoms with Crippen LogP contribution in [0.25, 0.3) is 0 Å². The molecular formula is C19H26N4O2.